The molecule has 1 aromatic rings. The standard InChI is InChI=1S/C17H30N6O2/c1-5-7-18-17(19-11-16-21-20-14(2)22(16)3)23-8-6-15(12-23)13-25-10-9-24-4/h5,15H,1,6-13H2,2-4H3,(H,18,19). The Bertz CT molecular complexity index is 571. The van der Waals surface area contributed by atoms with E-state index in [1.165, 1.54) is 0 Å². The largest absolute Gasteiger partial charge is 0.382 e. The van der Waals surface area contributed by atoms with E-state index >= 15 is 0 Å². The first-order valence-corrected chi connectivity index (χ1v) is 8.71. The predicted molar refractivity (Wildman–Crippen MR) is 97.5 cm³/mol. The first-order chi connectivity index (χ1) is 12.2. The molecule has 8 heteroatoms. The van der Waals surface area contributed by atoms with Crippen LogP contribution in [-0.4, -0.2) is 72.2 Å². The number of nitrogens with zero attached hydrogens (tertiary/aromatic N) is 5. The SMILES string of the molecule is C=CCNC(=NCc1nnc(C)n1C)N1CCC(COCCOC)C1. The molecule has 2 heterocycles. The second kappa shape index (κ2) is 10.1. The summed E-state index contributed by atoms with van der Waals surface area (Å²) in [5, 5.41) is 11.6. The molecule has 25 heavy (non-hydrogen) atoms. The van der Waals surface area contributed by atoms with Crippen LogP contribution in [0.3, 0.4) is 0 Å². The van der Waals surface area contributed by atoms with Crippen LogP contribution < -0.4 is 5.32 Å². The van der Waals surface area contributed by atoms with E-state index in [4.69, 9.17) is 14.5 Å². The van der Waals surface area contributed by atoms with E-state index in [2.05, 4.69) is 27.0 Å². The number of nitrogens with one attached hydrogen (secondary N) is 1. The summed E-state index contributed by atoms with van der Waals surface area (Å²) in [7, 11) is 3.65. The molecule has 0 amide bonds. The quantitative estimate of drug-likeness (QED) is 0.306. The molecule has 8 nitrogen and oxygen atoms in total. The van der Waals surface area contributed by atoms with Crippen molar-refractivity contribution in [3.8, 4) is 0 Å². The molecule has 0 aliphatic carbocycles. The number of aromatic nitrogens is 3. The maximum atomic E-state index is 5.67. The van der Waals surface area contributed by atoms with Crippen molar-refractivity contribution in [2.45, 2.75) is 19.9 Å². The van der Waals surface area contributed by atoms with Gasteiger partial charge in [-0.05, 0) is 13.3 Å². The van der Waals surface area contributed by atoms with Gasteiger partial charge in [0.25, 0.3) is 0 Å². The molecule has 1 saturated heterocycles. The van der Waals surface area contributed by atoms with Crippen molar-refractivity contribution in [1.82, 2.24) is 25.0 Å². The Morgan fingerprint density at radius 3 is 2.96 bits per heavy atom. The molecule has 2 rings (SSSR count). The first-order valence-electron chi connectivity index (χ1n) is 8.71. The third-order valence-corrected chi connectivity index (χ3v) is 4.33. The van der Waals surface area contributed by atoms with E-state index in [0.717, 1.165) is 43.7 Å². The highest BCUT2D eigenvalue weighted by Crippen LogP contribution is 2.17. The maximum absolute atomic E-state index is 5.67. The van der Waals surface area contributed by atoms with Crippen molar-refractivity contribution < 1.29 is 9.47 Å². The molecule has 1 fully saturated rings. The van der Waals surface area contributed by atoms with Crippen molar-refractivity contribution in [2.75, 3.05) is 46.6 Å². The highest BCUT2D eigenvalue weighted by molar-refractivity contribution is 5.80. The number of methoxy groups -OCH3 is 1. The van der Waals surface area contributed by atoms with Gasteiger partial charge in [0.05, 0.1) is 19.8 Å². The summed E-state index contributed by atoms with van der Waals surface area (Å²) in [4.78, 5) is 7.01. The van der Waals surface area contributed by atoms with Crippen LogP contribution in [-0.2, 0) is 23.1 Å². The minimum absolute atomic E-state index is 0.502. The molecular formula is C17H30N6O2. The van der Waals surface area contributed by atoms with Crippen LogP contribution in [0.2, 0.25) is 0 Å². The summed E-state index contributed by atoms with van der Waals surface area (Å²) in [5.41, 5.74) is 0. The fraction of sp³-hybridized carbons (Fsp3) is 0.706. The molecule has 1 atom stereocenters. The number of hydrogen-bond acceptors (Lipinski definition) is 5. The molecule has 1 unspecified atom stereocenters. The fourth-order valence-corrected chi connectivity index (χ4v) is 2.72. The third-order valence-electron chi connectivity index (χ3n) is 4.33. The number of hydrogen-bond donors (Lipinski definition) is 1. The number of guanidine groups is 1. The summed E-state index contributed by atoms with van der Waals surface area (Å²) in [6.07, 6.45) is 2.94. The molecule has 140 valence electrons. The lowest BCUT2D eigenvalue weighted by molar-refractivity contribution is 0.0536. The fourth-order valence-electron chi connectivity index (χ4n) is 2.72. The van der Waals surface area contributed by atoms with E-state index in [-0.39, 0.29) is 0 Å². The normalized spacial score (nSPS) is 18.0. The van der Waals surface area contributed by atoms with Crippen molar-refractivity contribution in [3.05, 3.63) is 24.3 Å². The first kappa shape index (κ1) is 19.4. The molecule has 0 radical (unpaired) electrons. The number of aliphatic imine (C=N–C) groups is 1. The average Bonchev–Trinajstić information content (AvgIpc) is 3.20. The Morgan fingerprint density at radius 1 is 1.44 bits per heavy atom. The van der Waals surface area contributed by atoms with Gasteiger partial charge in [-0.1, -0.05) is 6.08 Å². The van der Waals surface area contributed by atoms with Crippen molar-refractivity contribution in [2.24, 2.45) is 18.0 Å². The summed E-state index contributed by atoms with van der Waals surface area (Å²) >= 11 is 0. The zero-order valence-electron chi connectivity index (χ0n) is 15.6. The van der Waals surface area contributed by atoms with Crippen LogP contribution in [0.4, 0.5) is 0 Å². The van der Waals surface area contributed by atoms with E-state index in [1.54, 1.807) is 7.11 Å². The zero-order valence-corrected chi connectivity index (χ0v) is 15.6. The third kappa shape index (κ3) is 5.82. The van der Waals surface area contributed by atoms with Gasteiger partial charge in [-0.2, -0.15) is 0 Å². The summed E-state index contributed by atoms with van der Waals surface area (Å²) in [6, 6.07) is 0. The second-order valence-corrected chi connectivity index (χ2v) is 6.20. The Balaban J connectivity index is 1.91. The second-order valence-electron chi connectivity index (χ2n) is 6.20. The van der Waals surface area contributed by atoms with Crippen LogP contribution >= 0.6 is 0 Å². The van der Waals surface area contributed by atoms with Gasteiger partial charge in [0.15, 0.2) is 11.8 Å². The lowest BCUT2D eigenvalue weighted by atomic mass is 10.1. The lowest BCUT2D eigenvalue weighted by Crippen LogP contribution is -2.40. The monoisotopic (exact) mass is 350 g/mol. The van der Waals surface area contributed by atoms with E-state index in [9.17, 15) is 0 Å². The summed E-state index contributed by atoms with van der Waals surface area (Å²) < 4.78 is 12.6. The van der Waals surface area contributed by atoms with E-state index in [0.29, 0.717) is 32.2 Å². The van der Waals surface area contributed by atoms with Gasteiger partial charge in [-0.15, -0.1) is 16.8 Å². The van der Waals surface area contributed by atoms with Crippen LogP contribution in [0.15, 0.2) is 17.6 Å². The van der Waals surface area contributed by atoms with Crippen LogP contribution in [0.1, 0.15) is 18.1 Å². The predicted octanol–water partition coefficient (Wildman–Crippen LogP) is 0.740. The lowest BCUT2D eigenvalue weighted by Gasteiger charge is -2.21. The molecule has 1 aromatic heterocycles. The number of likely N-dealkylation sites (tertiary alicyclic amines) is 1. The molecule has 0 saturated carbocycles. The van der Waals surface area contributed by atoms with Crippen molar-refractivity contribution in [1.29, 1.82) is 0 Å². The van der Waals surface area contributed by atoms with E-state index < -0.39 is 0 Å². The highest BCUT2D eigenvalue weighted by Gasteiger charge is 2.25. The molecule has 0 spiro atoms. The smallest absolute Gasteiger partial charge is 0.194 e. The molecule has 0 aromatic carbocycles. The van der Waals surface area contributed by atoms with Crippen molar-refractivity contribution >= 4 is 5.96 Å². The zero-order chi connectivity index (χ0) is 18.1. The number of rotatable bonds is 9. The number of aryl methyl sites for hydroxylation is 1. The summed E-state index contributed by atoms with van der Waals surface area (Å²) in [5.74, 6) is 3.15. The van der Waals surface area contributed by atoms with Gasteiger partial charge in [0.2, 0.25) is 0 Å². The van der Waals surface area contributed by atoms with Gasteiger partial charge in [0, 0.05) is 39.7 Å². The highest BCUT2D eigenvalue weighted by atomic mass is 16.5. The maximum Gasteiger partial charge on any atom is 0.194 e. The Kier molecular flexibility index (Phi) is 7.87. The Morgan fingerprint density at radius 2 is 2.28 bits per heavy atom. The van der Waals surface area contributed by atoms with Crippen LogP contribution in [0.5, 0.6) is 0 Å². The van der Waals surface area contributed by atoms with Gasteiger partial charge >= 0.3 is 0 Å². The molecule has 1 aliphatic heterocycles. The molecule has 0 bridgehead atoms. The van der Waals surface area contributed by atoms with Gasteiger partial charge in [-0.25, -0.2) is 4.99 Å². The van der Waals surface area contributed by atoms with Crippen LogP contribution in [0.25, 0.3) is 0 Å². The molecule has 1 N–H and O–H groups in total. The number of ether oxygens (including phenoxy) is 2. The minimum Gasteiger partial charge on any atom is -0.382 e. The van der Waals surface area contributed by atoms with E-state index in [1.807, 2.05) is 24.6 Å². The van der Waals surface area contributed by atoms with Gasteiger partial charge < -0.3 is 24.3 Å². The van der Waals surface area contributed by atoms with Gasteiger partial charge in [0.1, 0.15) is 12.4 Å². The Labute approximate surface area is 149 Å². The average molecular weight is 350 g/mol. The molecular weight excluding hydrogens is 320 g/mol. The minimum atomic E-state index is 0.502. The summed E-state index contributed by atoms with van der Waals surface area (Å²) in [6.45, 7) is 10.9. The molecule has 1 aliphatic rings. The topological polar surface area (TPSA) is 76.8 Å². The van der Waals surface area contributed by atoms with Crippen molar-refractivity contribution in [3.63, 3.8) is 0 Å². The van der Waals surface area contributed by atoms with Crippen LogP contribution in [0, 0.1) is 12.8 Å². The van der Waals surface area contributed by atoms with Gasteiger partial charge in [-0.3, -0.25) is 0 Å². The Hall–Kier alpha value is -1.93.